The molecule has 6 nitrogen and oxygen atoms in total. The third-order valence-electron chi connectivity index (χ3n) is 6.16. The number of hydrogen-bond acceptors (Lipinski definition) is 5. The minimum Gasteiger partial charge on any atom is -0.477 e. The van der Waals surface area contributed by atoms with E-state index in [1.165, 1.54) is 6.42 Å². The lowest BCUT2D eigenvalue weighted by Crippen LogP contribution is -2.44. The molecule has 1 aromatic heterocycles. The van der Waals surface area contributed by atoms with Gasteiger partial charge in [0.1, 0.15) is 0 Å². The summed E-state index contributed by atoms with van der Waals surface area (Å²) in [6.07, 6.45) is 9.03. The predicted molar refractivity (Wildman–Crippen MR) is 107 cm³/mol. The van der Waals surface area contributed by atoms with Gasteiger partial charge in [-0.3, -0.25) is 9.69 Å². The zero-order valence-electron chi connectivity index (χ0n) is 16.8. The van der Waals surface area contributed by atoms with Gasteiger partial charge >= 0.3 is 0 Å². The van der Waals surface area contributed by atoms with Crippen LogP contribution in [-0.4, -0.2) is 64.7 Å². The number of pyridine rings is 1. The van der Waals surface area contributed by atoms with Crippen molar-refractivity contribution in [3.05, 3.63) is 35.0 Å². The van der Waals surface area contributed by atoms with Gasteiger partial charge in [0, 0.05) is 62.0 Å². The van der Waals surface area contributed by atoms with Gasteiger partial charge in [0.2, 0.25) is 11.8 Å². The molecule has 1 saturated heterocycles. The molecule has 152 valence electrons. The third-order valence-corrected chi connectivity index (χ3v) is 6.16. The van der Waals surface area contributed by atoms with Gasteiger partial charge in [-0.1, -0.05) is 6.08 Å². The molecule has 3 aliphatic rings. The van der Waals surface area contributed by atoms with Crippen LogP contribution < -0.4 is 4.74 Å². The molecule has 28 heavy (non-hydrogen) atoms. The average molecular weight is 386 g/mol. The van der Waals surface area contributed by atoms with Gasteiger partial charge in [0.25, 0.3) is 0 Å². The van der Waals surface area contributed by atoms with Crippen LogP contribution in [0.3, 0.4) is 0 Å². The molecular formula is C22H31N3O3. The van der Waals surface area contributed by atoms with E-state index in [0.717, 1.165) is 55.6 Å². The van der Waals surface area contributed by atoms with E-state index in [1.54, 1.807) is 6.20 Å². The summed E-state index contributed by atoms with van der Waals surface area (Å²) in [5.74, 6) is 1.23. The first-order valence-corrected chi connectivity index (χ1v) is 10.6. The summed E-state index contributed by atoms with van der Waals surface area (Å²) in [6, 6.07) is 2.36. The molecule has 3 heterocycles. The fourth-order valence-corrected chi connectivity index (χ4v) is 4.34. The summed E-state index contributed by atoms with van der Waals surface area (Å²) in [5.41, 5.74) is 3.12. The van der Waals surface area contributed by atoms with Crippen molar-refractivity contribution in [1.82, 2.24) is 14.8 Å². The Morgan fingerprint density at radius 3 is 3.04 bits per heavy atom. The number of nitrogens with zero attached hydrogens (tertiary/aromatic N) is 3. The van der Waals surface area contributed by atoms with Gasteiger partial charge < -0.3 is 14.7 Å². The number of amides is 1. The van der Waals surface area contributed by atoms with Crippen LogP contribution in [0.15, 0.2) is 23.9 Å². The Bertz CT molecular complexity index is 745. The number of fused-ring (bicyclic) bond motifs is 2. The van der Waals surface area contributed by atoms with E-state index in [9.17, 15) is 4.79 Å². The van der Waals surface area contributed by atoms with Crippen molar-refractivity contribution in [2.75, 3.05) is 32.8 Å². The molecule has 6 heteroatoms. The van der Waals surface area contributed by atoms with E-state index < -0.39 is 0 Å². The van der Waals surface area contributed by atoms with Gasteiger partial charge in [0.05, 0.1) is 6.61 Å². The summed E-state index contributed by atoms with van der Waals surface area (Å²) >= 11 is 0. The quantitative estimate of drug-likeness (QED) is 0.696. The molecule has 1 aromatic rings. The number of aliphatic hydroxyl groups is 1. The standard InChI is InChI=1S/C22H31N3O3/c1-16-17(7-9-23-21(16)28-13-3-12-26)15-25(19-5-6-19)22(27)20-8-11-24-10-2-4-18(20)14-24/h7-9,18-19,26H,2-6,10-15H2,1H3. The summed E-state index contributed by atoms with van der Waals surface area (Å²) in [7, 11) is 0. The fraction of sp³-hybridized carbons (Fsp3) is 0.636. The summed E-state index contributed by atoms with van der Waals surface area (Å²) in [6.45, 7) is 6.28. The van der Waals surface area contributed by atoms with Gasteiger partial charge in [0.15, 0.2) is 0 Å². The van der Waals surface area contributed by atoms with Crippen molar-refractivity contribution in [2.24, 2.45) is 5.92 Å². The SMILES string of the molecule is Cc1c(CN(C(=O)C2=CCN3CCCC2C3)C2CC2)ccnc1OCCCO. The Kier molecular flexibility index (Phi) is 5.97. The summed E-state index contributed by atoms with van der Waals surface area (Å²) < 4.78 is 5.71. The molecule has 1 saturated carbocycles. The monoisotopic (exact) mass is 385 g/mol. The second kappa shape index (κ2) is 8.62. The highest BCUT2D eigenvalue weighted by Gasteiger charge is 2.38. The molecule has 1 N–H and O–H groups in total. The number of carbonyl (C=O) groups is 1. The molecule has 4 rings (SSSR count). The van der Waals surface area contributed by atoms with E-state index in [4.69, 9.17) is 9.84 Å². The number of piperidine rings is 1. The van der Waals surface area contributed by atoms with Crippen LogP contribution in [0.2, 0.25) is 0 Å². The van der Waals surface area contributed by atoms with Crippen molar-refractivity contribution in [1.29, 1.82) is 0 Å². The highest BCUT2D eigenvalue weighted by atomic mass is 16.5. The van der Waals surface area contributed by atoms with E-state index in [2.05, 4.69) is 20.9 Å². The Hall–Kier alpha value is -1.92. The lowest BCUT2D eigenvalue weighted by Gasteiger charge is -2.38. The zero-order valence-corrected chi connectivity index (χ0v) is 16.8. The number of aromatic nitrogens is 1. The third kappa shape index (κ3) is 4.23. The van der Waals surface area contributed by atoms with Crippen LogP contribution in [0, 0.1) is 12.8 Å². The molecule has 2 aliphatic heterocycles. The highest BCUT2D eigenvalue weighted by Crippen LogP contribution is 2.35. The van der Waals surface area contributed by atoms with E-state index in [1.807, 2.05) is 13.0 Å². The number of carbonyl (C=O) groups excluding carboxylic acids is 1. The van der Waals surface area contributed by atoms with Gasteiger partial charge in [-0.15, -0.1) is 0 Å². The molecule has 2 fully saturated rings. The topological polar surface area (TPSA) is 65.9 Å². The Morgan fingerprint density at radius 1 is 1.39 bits per heavy atom. The van der Waals surface area contributed by atoms with Crippen LogP contribution in [0.5, 0.6) is 5.88 Å². The number of aliphatic hydroxyl groups excluding tert-OH is 1. The van der Waals surface area contributed by atoms with Crippen molar-refractivity contribution >= 4 is 5.91 Å². The zero-order chi connectivity index (χ0) is 19.5. The molecule has 2 unspecified atom stereocenters. The summed E-state index contributed by atoms with van der Waals surface area (Å²) in [5, 5.41) is 8.95. The minimum atomic E-state index is 0.108. The molecule has 0 radical (unpaired) electrons. The molecule has 2 atom stereocenters. The van der Waals surface area contributed by atoms with Crippen molar-refractivity contribution < 1.29 is 14.6 Å². The predicted octanol–water partition coefficient (Wildman–Crippen LogP) is 2.29. The largest absolute Gasteiger partial charge is 0.477 e. The number of ether oxygens (including phenoxy) is 1. The van der Waals surface area contributed by atoms with Crippen molar-refractivity contribution in [3.8, 4) is 5.88 Å². The number of hydrogen-bond donors (Lipinski definition) is 1. The lowest BCUT2D eigenvalue weighted by atomic mass is 9.86. The van der Waals surface area contributed by atoms with E-state index >= 15 is 0 Å². The molecule has 2 bridgehead atoms. The first-order valence-electron chi connectivity index (χ1n) is 10.6. The first-order chi connectivity index (χ1) is 13.7. The van der Waals surface area contributed by atoms with Gasteiger partial charge in [-0.05, 0) is 50.8 Å². The van der Waals surface area contributed by atoms with Crippen LogP contribution in [-0.2, 0) is 11.3 Å². The maximum atomic E-state index is 13.5. The van der Waals surface area contributed by atoms with E-state index in [0.29, 0.717) is 37.4 Å². The Balaban J connectivity index is 1.50. The van der Waals surface area contributed by atoms with Crippen LogP contribution >= 0.6 is 0 Å². The van der Waals surface area contributed by atoms with Gasteiger partial charge in [-0.2, -0.15) is 0 Å². The van der Waals surface area contributed by atoms with Crippen LogP contribution in [0.25, 0.3) is 0 Å². The summed E-state index contributed by atoms with van der Waals surface area (Å²) in [4.78, 5) is 22.3. The Labute approximate surface area is 167 Å². The molecular weight excluding hydrogens is 354 g/mol. The van der Waals surface area contributed by atoms with Crippen molar-refractivity contribution in [3.63, 3.8) is 0 Å². The average Bonchev–Trinajstić information content (AvgIpc) is 3.53. The molecule has 0 spiro atoms. The minimum absolute atomic E-state index is 0.108. The molecule has 1 amide bonds. The molecule has 1 aliphatic carbocycles. The normalized spacial score (nSPS) is 23.9. The smallest absolute Gasteiger partial charge is 0.250 e. The van der Waals surface area contributed by atoms with E-state index in [-0.39, 0.29) is 12.5 Å². The van der Waals surface area contributed by atoms with Crippen LogP contribution in [0.4, 0.5) is 0 Å². The highest BCUT2D eigenvalue weighted by molar-refractivity contribution is 5.94. The second-order valence-electron chi connectivity index (χ2n) is 8.25. The van der Waals surface area contributed by atoms with Gasteiger partial charge in [-0.25, -0.2) is 4.98 Å². The first kappa shape index (κ1) is 19.4. The Morgan fingerprint density at radius 2 is 2.25 bits per heavy atom. The maximum Gasteiger partial charge on any atom is 0.250 e. The maximum absolute atomic E-state index is 13.5. The van der Waals surface area contributed by atoms with Crippen molar-refractivity contribution in [2.45, 2.75) is 51.6 Å². The second-order valence-corrected chi connectivity index (χ2v) is 8.25. The number of rotatable bonds is 8. The van der Waals surface area contributed by atoms with Crippen LogP contribution in [0.1, 0.15) is 43.2 Å². The molecule has 0 aromatic carbocycles. The lowest BCUT2D eigenvalue weighted by molar-refractivity contribution is -0.129. The fourth-order valence-electron chi connectivity index (χ4n) is 4.34.